The molecule has 0 bridgehead atoms. The molecule has 2 rings (SSSR count). The van der Waals surface area contributed by atoms with Crippen LogP contribution in [0.1, 0.15) is 5.56 Å². The first-order chi connectivity index (χ1) is 6.31. The second-order valence-corrected chi connectivity index (χ2v) is 3.74. The van der Waals surface area contributed by atoms with Crippen molar-refractivity contribution in [2.45, 2.75) is 6.42 Å². The van der Waals surface area contributed by atoms with Gasteiger partial charge in [0, 0.05) is 22.4 Å². The lowest BCUT2D eigenvalue weighted by Gasteiger charge is -1.94. The summed E-state index contributed by atoms with van der Waals surface area (Å²) < 4.78 is 12.8. The summed E-state index contributed by atoms with van der Waals surface area (Å²) in [6, 6.07) is 4.83. The first kappa shape index (κ1) is 8.75. The van der Waals surface area contributed by atoms with Crippen LogP contribution in [-0.4, -0.2) is 10.3 Å². The molecule has 0 unspecified atom stereocenters. The Morgan fingerprint density at radius 1 is 1.38 bits per heavy atom. The van der Waals surface area contributed by atoms with E-state index in [0.29, 0.717) is 0 Å². The molecule has 3 heteroatoms. The van der Waals surface area contributed by atoms with Gasteiger partial charge in [0.2, 0.25) is 0 Å². The third-order valence-corrected chi connectivity index (χ3v) is 2.49. The van der Waals surface area contributed by atoms with Crippen LogP contribution < -0.4 is 0 Å². The van der Waals surface area contributed by atoms with Gasteiger partial charge in [-0.3, -0.25) is 0 Å². The fourth-order valence-electron chi connectivity index (χ4n) is 1.47. The van der Waals surface area contributed by atoms with E-state index >= 15 is 0 Å². The van der Waals surface area contributed by atoms with Crippen LogP contribution in [-0.2, 0) is 6.42 Å². The minimum atomic E-state index is -0.195. The van der Waals surface area contributed by atoms with Gasteiger partial charge in [-0.05, 0) is 30.2 Å². The Morgan fingerprint density at radius 2 is 2.23 bits per heavy atom. The van der Waals surface area contributed by atoms with E-state index in [9.17, 15) is 4.39 Å². The van der Waals surface area contributed by atoms with Crippen molar-refractivity contribution in [2.75, 3.05) is 5.33 Å². The van der Waals surface area contributed by atoms with Crippen molar-refractivity contribution in [3.05, 3.63) is 35.8 Å². The highest BCUT2D eigenvalue weighted by molar-refractivity contribution is 9.09. The van der Waals surface area contributed by atoms with E-state index in [2.05, 4.69) is 20.9 Å². The minimum absolute atomic E-state index is 0.195. The smallest absolute Gasteiger partial charge is 0.125 e. The molecule has 0 amide bonds. The molecule has 1 nitrogen and oxygen atoms in total. The van der Waals surface area contributed by atoms with Gasteiger partial charge in [0.25, 0.3) is 0 Å². The maximum absolute atomic E-state index is 12.8. The monoisotopic (exact) mass is 241 g/mol. The number of hydrogen-bond acceptors (Lipinski definition) is 0. The fourth-order valence-corrected chi connectivity index (χ4v) is 1.89. The summed E-state index contributed by atoms with van der Waals surface area (Å²) in [5, 5.41) is 2.04. The molecule has 13 heavy (non-hydrogen) atoms. The van der Waals surface area contributed by atoms with Crippen LogP contribution in [0.15, 0.2) is 24.4 Å². The number of aryl methyl sites for hydroxylation is 1. The lowest BCUT2D eigenvalue weighted by atomic mass is 10.1. The quantitative estimate of drug-likeness (QED) is 0.778. The molecule has 1 aromatic carbocycles. The number of nitrogens with one attached hydrogen (secondary N) is 1. The molecule has 0 aliphatic carbocycles. The maximum atomic E-state index is 12.8. The Balaban J connectivity index is 2.55. The molecule has 1 N–H and O–H groups in total. The molecule has 1 aromatic heterocycles. The molecule has 68 valence electrons. The van der Waals surface area contributed by atoms with Gasteiger partial charge in [-0.25, -0.2) is 4.39 Å². The van der Waals surface area contributed by atoms with Gasteiger partial charge in [-0.2, -0.15) is 0 Å². The van der Waals surface area contributed by atoms with Gasteiger partial charge >= 0.3 is 0 Å². The molecule has 0 saturated carbocycles. The number of fused-ring (bicyclic) bond motifs is 1. The number of aromatic amines is 1. The topological polar surface area (TPSA) is 15.8 Å². The first-order valence-electron chi connectivity index (χ1n) is 4.13. The molecule has 0 spiro atoms. The minimum Gasteiger partial charge on any atom is -0.361 e. The highest BCUT2D eigenvalue weighted by atomic mass is 79.9. The van der Waals surface area contributed by atoms with E-state index in [4.69, 9.17) is 0 Å². The van der Waals surface area contributed by atoms with E-state index in [0.717, 1.165) is 22.7 Å². The van der Waals surface area contributed by atoms with Gasteiger partial charge in [0.1, 0.15) is 5.82 Å². The average molecular weight is 242 g/mol. The number of rotatable bonds is 2. The van der Waals surface area contributed by atoms with Crippen LogP contribution in [0.4, 0.5) is 4.39 Å². The van der Waals surface area contributed by atoms with Crippen LogP contribution in [0, 0.1) is 5.82 Å². The van der Waals surface area contributed by atoms with Crippen LogP contribution >= 0.6 is 15.9 Å². The molecule has 1 heterocycles. The van der Waals surface area contributed by atoms with Crippen molar-refractivity contribution in [1.29, 1.82) is 0 Å². The normalized spacial score (nSPS) is 10.9. The summed E-state index contributed by atoms with van der Waals surface area (Å²) in [6.45, 7) is 0. The molecule has 2 aromatic rings. The number of aromatic nitrogens is 1. The van der Waals surface area contributed by atoms with Gasteiger partial charge in [0.15, 0.2) is 0 Å². The molecule has 0 atom stereocenters. The Labute approximate surface area is 84.1 Å². The van der Waals surface area contributed by atoms with Crippen molar-refractivity contribution in [3.8, 4) is 0 Å². The number of benzene rings is 1. The molecule has 0 aliphatic rings. The van der Waals surface area contributed by atoms with E-state index in [1.54, 1.807) is 0 Å². The highest BCUT2D eigenvalue weighted by Crippen LogP contribution is 2.19. The van der Waals surface area contributed by atoms with Crippen LogP contribution in [0.2, 0.25) is 0 Å². The Hall–Kier alpha value is -0.830. The van der Waals surface area contributed by atoms with Crippen molar-refractivity contribution in [2.24, 2.45) is 0 Å². The number of hydrogen-bond donors (Lipinski definition) is 1. The Bertz CT molecular complexity index is 422. The zero-order chi connectivity index (χ0) is 9.26. The number of H-pyrrole nitrogens is 1. The van der Waals surface area contributed by atoms with Crippen LogP contribution in [0.3, 0.4) is 0 Å². The number of alkyl halides is 1. The molecule has 0 saturated heterocycles. The molecular formula is C10H9BrFN. The van der Waals surface area contributed by atoms with Crippen molar-refractivity contribution in [1.82, 2.24) is 4.98 Å². The van der Waals surface area contributed by atoms with Gasteiger partial charge in [-0.1, -0.05) is 15.9 Å². The Kier molecular flexibility index (Phi) is 2.36. The zero-order valence-corrected chi connectivity index (χ0v) is 8.57. The summed E-state index contributed by atoms with van der Waals surface area (Å²) in [5.41, 5.74) is 2.10. The second kappa shape index (κ2) is 3.50. The summed E-state index contributed by atoms with van der Waals surface area (Å²) in [4.78, 5) is 3.05. The standard InChI is InChI=1S/C10H9BrFN/c11-4-3-7-6-13-10-5-8(12)1-2-9(7)10/h1-2,5-6,13H,3-4H2. The van der Waals surface area contributed by atoms with E-state index in [-0.39, 0.29) is 5.82 Å². The lowest BCUT2D eigenvalue weighted by Crippen LogP contribution is -1.82. The lowest BCUT2D eigenvalue weighted by molar-refractivity contribution is 0.629. The van der Waals surface area contributed by atoms with E-state index in [1.807, 2.05) is 12.3 Å². The van der Waals surface area contributed by atoms with Crippen molar-refractivity contribution >= 4 is 26.8 Å². The molecule has 0 aliphatic heterocycles. The van der Waals surface area contributed by atoms with Gasteiger partial charge < -0.3 is 4.98 Å². The average Bonchev–Trinajstić information content (AvgIpc) is 2.49. The van der Waals surface area contributed by atoms with Crippen molar-refractivity contribution < 1.29 is 4.39 Å². The summed E-state index contributed by atoms with van der Waals surface area (Å²) in [6.07, 6.45) is 2.90. The third kappa shape index (κ3) is 1.61. The summed E-state index contributed by atoms with van der Waals surface area (Å²) in [5.74, 6) is -0.195. The fraction of sp³-hybridized carbons (Fsp3) is 0.200. The van der Waals surface area contributed by atoms with Crippen LogP contribution in [0.5, 0.6) is 0 Å². The predicted octanol–water partition coefficient (Wildman–Crippen LogP) is 3.24. The van der Waals surface area contributed by atoms with Gasteiger partial charge in [-0.15, -0.1) is 0 Å². The van der Waals surface area contributed by atoms with Crippen molar-refractivity contribution in [3.63, 3.8) is 0 Å². The Morgan fingerprint density at radius 3 is 3.00 bits per heavy atom. The first-order valence-corrected chi connectivity index (χ1v) is 5.25. The predicted molar refractivity (Wildman–Crippen MR) is 55.8 cm³/mol. The summed E-state index contributed by atoms with van der Waals surface area (Å²) in [7, 11) is 0. The SMILES string of the molecule is Fc1ccc2c(CCBr)c[nH]c2c1. The zero-order valence-electron chi connectivity index (χ0n) is 6.98. The number of halogens is 2. The molecule has 0 radical (unpaired) electrons. The molecular weight excluding hydrogens is 233 g/mol. The third-order valence-electron chi connectivity index (χ3n) is 2.09. The van der Waals surface area contributed by atoms with E-state index in [1.165, 1.54) is 17.7 Å². The largest absolute Gasteiger partial charge is 0.361 e. The molecule has 0 fully saturated rings. The van der Waals surface area contributed by atoms with E-state index < -0.39 is 0 Å². The maximum Gasteiger partial charge on any atom is 0.125 e. The highest BCUT2D eigenvalue weighted by Gasteiger charge is 2.02. The second-order valence-electron chi connectivity index (χ2n) is 2.94. The van der Waals surface area contributed by atoms with Gasteiger partial charge in [0.05, 0.1) is 0 Å². The van der Waals surface area contributed by atoms with Crippen LogP contribution in [0.25, 0.3) is 10.9 Å². The summed E-state index contributed by atoms with van der Waals surface area (Å²) >= 11 is 3.38.